The molecule has 0 fully saturated rings. The Labute approximate surface area is 102 Å². The van der Waals surface area contributed by atoms with E-state index in [9.17, 15) is 10.2 Å². The van der Waals surface area contributed by atoms with Crippen molar-refractivity contribution in [1.82, 2.24) is 5.32 Å². The number of rotatable bonds is 7. The summed E-state index contributed by atoms with van der Waals surface area (Å²) in [6, 6.07) is 6.99. The molecule has 0 aliphatic rings. The first-order valence-electron chi connectivity index (χ1n) is 5.53. The van der Waals surface area contributed by atoms with Crippen molar-refractivity contribution in [2.75, 3.05) is 20.2 Å². The lowest BCUT2D eigenvalue weighted by molar-refractivity contribution is 0.0202. The zero-order chi connectivity index (χ0) is 12.7. The van der Waals surface area contributed by atoms with Gasteiger partial charge in [-0.25, -0.2) is 0 Å². The molecule has 94 valence electrons. The fourth-order valence-corrected chi connectivity index (χ4v) is 1.46. The number of benzene rings is 1. The van der Waals surface area contributed by atoms with Crippen LogP contribution in [0.4, 0.5) is 0 Å². The molecule has 2 atom stereocenters. The Kier molecular flexibility index (Phi) is 5.69. The highest BCUT2D eigenvalue weighted by Crippen LogP contribution is 2.20. The number of hydrogen-bond donors (Lipinski definition) is 3. The first-order valence-corrected chi connectivity index (χ1v) is 5.53. The van der Waals surface area contributed by atoms with E-state index in [1.165, 1.54) is 0 Å². The lowest BCUT2D eigenvalue weighted by Crippen LogP contribution is -2.29. The molecule has 0 radical (unpaired) electrons. The summed E-state index contributed by atoms with van der Waals surface area (Å²) in [4.78, 5) is 0. The number of aliphatic hydroxyl groups excluding tert-OH is 2. The molecule has 0 saturated carbocycles. The number of likely N-dealkylation sites (N-methyl/N-ethyl adjacent to an activating group) is 1. The Balaban J connectivity index is 2.62. The van der Waals surface area contributed by atoms with Gasteiger partial charge in [0.1, 0.15) is 18.5 Å². The van der Waals surface area contributed by atoms with Gasteiger partial charge in [-0.1, -0.05) is 24.8 Å². The van der Waals surface area contributed by atoms with Crippen molar-refractivity contribution >= 4 is 0 Å². The van der Waals surface area contributed by atoms with E-state index in [1.54, 1.807) is 37.4 Å². The van der Waals surface area contributed by atoms with Crippen molar-refractivity contribution < 1.29 is 14.9 Å². The normalized spacial score (nSPS) is 14.1. The van der Waals surface area contributed by atoms with E-state index in [4.69, 9.17) is 4.74 Å². The summed E-state index contributed by atoms with van der Waals surface area (Å²) < 4.78 is 5.32. The summed E-state index contributed by atoms with van der Waals surface area (Å²) in [6.07, 6.45) is -0.0461. The van der Waals surface area contributed by atoms with E-state index in [-0.39, 0.29) is 0 Å². The van der Waals surface area contributed by atoms with Crippen LogP contribution in [0.1, 0.15) is 11.7 Å². The fraction of sp³-hybridized carbons (Fsp3) is 0.385. The molecule has 4 heteroatoms. The second kappa shape index (κ2) is 7.06. The molecule has 0 aliphatic carbocycles. The number of ether oxygens (including phenoxy) is 1. The minimum absolute atomic E-state index is 0.343. The molecule has 1 aromatic rings. The first kappa shape index (κ1) is 13.7. The zero-order valence-corrected chi connectivity index (χ0v) is 9.97. The zero-order valence-electron chi connectivity index (χ0n) is 9.97. The van der Waals surface area contributed by atoms with Gasteiger partial charge in [0.2, 0.25) is 0 Å². The van der Waals surface area contributed by atoms with Crippen LogP contribution in [-0.4, -0.2) is 36.5 Å². The Morgan fingerprint density at radius 1 is 1.35 bits per heavy atom. The van der Waals surface area contributed by atoms with Gasteiger partial charge in [-0.05, 0) is 24.7 Å². The van der Waals surface area contributed by atoms with E-state index < -0.39 is 12.2 Å². The smallest absolute Gasteiger partial charge is 0.119 e. The summed E-state index contributed by atoms with van der Waals surface area (Å²) in [5, 5.41) is 22.3. The minimum atomic E-state index is -0.893. The van der Waals surface area contributed by atoms with Crippen molar-refractivity contribution in [3.8, 4) is 5.75 Å². The third-order valence-corrected chi connectivity index (χ3v) is 2.37. The molecule has 0 bridgehead atoms. The van der Waals surface area contributed by atoms with Gasteiger partial charge in [-0.2, -0.15) is 0 Å². The third kappa shape index (κ3) is 4.19. The lowest BCUT2D eigenvalue weighted by Gasteiger charge is -2.18. The van der Waals surface area contributed by atoms with Gasteiger partial charge in [-0.15, -0.1) is 0 Å². The summed E-state index contributed by atoms with van der Waals surface area (Å²) in [6.45, 7) is 4.35. The van der Waals surface area contributed by atoms with Gasteiger partial charge in [0, 0.05) is 6.54 Å². The topological polar surface area (TPSA) is 61.7 Å². The molecule has 0 spiro atoms. The Bertz CT molecular complexity index is 337. The summed E-state index contributed by atoms with van der Waals surface area (Å²) in [7, 11) is 1.72. The molecular formula is C13H19NO3. The molecule has 3 N–H and O–H groups in total. The van der Waals surface area contributed by atoms with Crippen LogP contribution in [0.5, 0.6) is 5.75 Å². The second-order valence-corrected chi connectivity index (χ2v) is 3.74. The number of nitrogens with one attached hydrogen (secondary N) is 1. The SMILES string of the molecule is C=CCOc1ccc(C(O)C(O)CNC)cc1. The predicted molar refractivity (Wildman–Crippen MR) is 67.0 cm³/mol. The maximum atomic E-state index is 9.84. The van der Waals surface area contributed by atoms with Gasteiger partial charge in [0.25, 0.3) is 0 Å². The lowest BCUT2D eigenvalue weighted by atomic mass is 10.0. The second-order valence-electron chi connectivity index (χ2n) is 3.74. The molecular weight excluding hydrogens is 218 g/mol. The highest BCUT2D eigenvalue weighted by molar-refractivity contribution is 5.29. The Morgan fingerprint density at radius 2 is 2.00 bits per heavy atom. The van der Waals surface area contributed by atoms with Crippen LogP contribution in [0, 0.1) is 0 Å². The summed E-state index contributed by atoms with van der Waals surface area (Å²) in [5.41, 5.74) is 0.665. The molecule has 17 heavy (non-hydrogen) atoms. The molecule has 0 heterocycles. The average Bonchev–Trinajstić information content (AvgIpc) is 2.36. The van der Waals surface area contributed by atoms with Crippen LogP contribution >= 0.6 is 0 Å². The number of aliphatic hydroxyl groups is 2. The third-order valence-electron chi connectivity index (χ3n) is 2.37. The van der Waals surface area contributed by atoms with Gasteiger partial charge in [0.05, 0.1) is 6.10 Å². The van der Waals surface area contributed by atoms with E-state index in [0.717, 1.165) is 0 Å². The molecule has 0 aliphatic heterocycles. The van der Waals surface area contributed by atoms with Crippen LogP contribution in [0.2, 0.25) is 0 Å². The number of hydrogen-bond acceptors (Lipinski definition) is 4. The van der Waals surface area contributed by atoms with Crippen molar-refractivity contribution in [2.45, 2.75) is 12.2 Å². The molecule has 2 unspecified atom stereocenters. The maximum Gasteiger partial charge on any atom is 0.119 e. The predicted octanol–water partition coefficient (Wildman–Crippen LogP) is 0.865. The molecule has 1 rings (SSSR count). The largest absolute Gasteiger partial charge is 0.490 e. The van der Waals surface area contributed by atoms with E-state index in [0.29, 0.717) is 24.5 Å². The summed E-state index contributed by atoms with van der Waals surface area (Å²) >= 11 is 0. The Morgan fingerprint density at radius 3 is 2.53 bits per heavy atom. The van der Waals surface area contributed by atoms with Crippen LogP contribution < -0.4 is 10.1 Å². The molecule has 1 aromatic carbocycles. The highest BCUT2D eigenvalue weighted by atomic mass is 16.5. The van der Waals surface area contributed by atoms with E-state index >= 15 is 0 Å². The van der Waals surface area contributed by atoms with Crippen LogP contribution in [0.25, 0.3) is 0 Å². The van der Waals surface area contributed by atoms with Crippen molar-refractivity contribution in [1.29, 1.82) is 0 Å². The van der Waals surface area contributed by atoms with E-state index in [2.05, 4.69) is 11.9 Å². The fourth-order valence-electron chi connectivity index (χ4n) is 1.46. The molecule has 0 saturated heterocycles. The quantitative estimate of drug-likeness (QED) is 0.616. The monoisotopic (exact) mass is 237 g/mol. The minimum Gasteiger partial charge on any atom is -0.490 e. The summed E-state index contributed by atoms with van der Waals surface area (Å²) in [5.74, 6) is 0.712. The van der Waals surface area contributed by atoms with Crippen molar-refractivity contribution in [3.05, 3.63) is 42.5 Å². The van der Waals surface area contributed by atoms with Gasteiger partial charge in [0.15, 0.2) is 0 Å². The maximum absolute atomic E-state index is 9.84. The first-order chi connectivity index (χ1) is 8.19. The highest BCUT2D eigenvalue weighted by Gasteiger charge is 2.17. The molecule has 0 amide bonds. The van der Waals surface area contributed by atoms with Crippen LogP contribution in [0.3, 0.4) is 0 Å². The molecule has 4 nitrogen and oxygen atoms in total. The van der Waals surface area contributed by atoms with E-state index in [1.807, 2.05) is 0 Å². The van der Waals surface area contributed by atoms with Crippen LogP contribution in [0.15, 0.2) is 36.9 Å². The van der Waals surface area contributed by atoms with Crippen LogP contribution in [-0.2, 0) is 0 Å². The standard InChI is InChI=1S/C13H19NO3/c1-3-8-17-11-6-4-10(5-7-11)13(16)12(15)9-14-2/h3-7,12-16H,1,8-9H2,2H3. The van der Waals surface area contributed by atoms with Gasteiger partial charge < -0.3 is 20.3 Å². The Hall–Kier alpha value is -1.36. The molecule has 0 aromatic heterocycles. The van der Waals surface area contributed by atoms with Gasteiger partial charge in [-0.3, -0.25) is 0 Å². The average molecular weight is 237 g/mol. The van der Waals surface area contributed by atoms with Gasteiger partial charge >= 0.3 is 0 Å². The van der Waals surface area contributed by atoms with Crippen molar-refractivity contribution in [3.63, 3.8) is 0 Å². The van der Waals surface area contributed by atoms with Crippen molar-refractivity contribution in [2.24, 2.45) is 0 Å².